The summed E-state index contributed by atoms with van der Waals surface area (Å²) in [6.07, 6.45) is 18.1. The Morgan fingerprint density at radius 3 is 1.55 bits per heavy atom. The minimum absolute atomic E-state index is 0.239. The van der Waals surface area contributed by atoms with E-state index in [4.69, 9.17) is 0 Å². The summed E-state index contributed by atoms with van der Waals surface area (Å²) < 4.78 is 0. The number of rotatable bonds is 14. The average molecular weight is 757 g/mol. The summed E-state index contributed by atoms with van der Waals surface area (Å²) in [6, 6.07) is 0. The zero-order chi connectivity index (χ0) is 37.9. The van der Waals surface area contributed by atoms with E-state index < -0.39 is 11.3 Å². The number of carbonyl (C=O) groups excluding carboxylic acids is 4. The fraction of sp³-hybridized carbons (Fsp3) is 0.721. The molecule has 2 unspecified atom stereocenters. The van der Waals surface area contributed by atoms with Crippen LogP contribution < -0.4 is 10.6 Å². The van der Waals surface area contributed by atoms with Gasteiger partial charge in [0, 0.05) is 74.7 Å². The van der Waals surface area contributed by atoms with Gasteiger partial charge in [-0.1, -0.05) is 25.7 Å². The molecule has 4 amide bonds. The number of likely N-dealkylation sites (tertiary alicyclic amines) is 5. The monoisotopic (exact) mass is 757 g/mol. The first-order valence-electron chi connectivity index (χ1n) is 21.9. The van der Waals surface area contributed by atoms with Crippen molar-refractivity contribution in [3.05, 3.63) is 45.8 Å². The first kappa shape index (κ1) is 38.5. The number of nitrogens with one attached hydrogen (secondary N) is 2. The van der Waals surface area contributed by atoms with E-state index in [0.717, 1.165) is 91.1 Å². The van der Waals surface area contributed by atoms with Crippen LogP contribution in [0.15, 0.2) is 45.8 Å². The van der Waals surface area contributed by atoms with Crippen LogP contribution in [-0.2, 0) is 19.2 Å². The first-order valence-corrected chi connectivity index (χ1v) is 21.9. The lowest BCUT2D eigenvalue weighted by Crippen LogP contribution is -2.61. The molecule has 300 valence electrons. The van der Waals surface area contributed by atoms with E-state index in [-0.39, 0.29) is 23.6 Å². The average Bonchev–Trinajstić information content (AvgIpc) is 3.21. The number of hydrogen-bond donors (Lipinski definition) is 2. The minimum Gasteiger partial charge on any atom is -0.383 e. The normalized spacial score (nSPS) is 28.8. The van der Waals surface area contributed by atoms with Crippen LogP contribution in [0.2, 0.25) is 0 Å². The Bertz CT molecular complexity index is 1630. The lowest BCUT2D eigenvalue weighted by molar-refractivity contribution is -0.152. The molecule has 0 spiro atoms. The van der Waals surface area contributed by atoms with Crippen LogP contribution in [0.3, 0.4) is 0 Å². The zero-order valence-electron chi connectivity index (χ0n) is 33.3. The van der Waals surface area contributed by atoms with Crippen molar-refractivity contribution in [2.45, 2.75) is 84.0 Å². The van der Waals surface area contributed by atoms with E-state index in [1.54, 1.807) is 0 Å². The van der Waals surface area contributed by atoms with Crippen molar-refractivity contribution in [1.82, 2.24) is 40.0 Å². The van der Waals surface area contributed by atoms with Gasteiger partial charge >= 0.3 is 0 Å². The van der Waals surface area contributed by atoms with Crippen molar-refractivity contribution in [1.29, 1.82) is 0 Å². The van der Waals surface area contributed by atoms with Crippen molar-refractivity contribution in [2.24, 2.45) is 11.3 Å². The molecule has 12 nitrogen and oxygen atoms in total. The van der Waals surface area contributed by atoms with Gasteiger partial charge in [-0.2, -0.15) is 0 Å². The summed E-state index contributed by atoms with van der Waals surface area (Å²) in [5.74, 6) is -1.92. The highest BCUT2D eigenvalue weighted by molar-refractivity contribution is 6.22. The molecule has 2 atom stereocenters. The molecule has 0 saturated carbocycles. The number of hydrogen-bond acceptors (Lipinski definition) is 10. The van der Waals surface area contributed by atoms with Crippen LogP contribution in [0, 0.1) is 11.3 Å². The van der Waals surface area contributed by atoms with Gasteiger partial charge in [-0.05, 0) is 128 Å². The summed E-state index contributed by atoms with van der Waals surface area (Å²) in [5.41, 5.74) is 2.04. The molecule has 0 bridgehead atoms. The molecule has 0 radical (unpaired) electrons. The summed E-state index contributed by atoms with van der Waals surface area (Å²) >= 11 is 0. The van der Waals surface area contributed by atoms with Crippen LogP contribution in [0.1, 0.15) is 84.0 Å². The quantitative estimate of drug-likeness (QED) is 0.257. The van der Waals surface area contributed by atoms with E-state index >= 15 is 0 Å². The lowest BCUT2D eigenvalue weighted by atomic mass is 9.55. The van der Waals surface area contributed by atoms with E-state index in [1.807, 2.05) is 19.1 Å². The van der Waals surface area contributed by atoms with Crippen LogP contribution in [-0.4, -0.2) is 158 Å². The second-order valence-corrected chi connectivity index (χ2v) is 17.4. The molecular weight excluding hydrogens is 693 g/mol. The molecule has 5 saturated heterocycles. The topological polar surface area (TPSA) is 112 Å². The van der Waals surface area contributed by atoms with E-state index in [2.05, 4.69) is 30.2 Å². The number of piperidine rings is 5. The number of allylic oxidation sites excluding steroid dienone is 1. The van der Waals surface area contributed by atoms with Gasteiger partial charge in [-0.3, -0.25) is 29.0 Å². The SMILES string of the molecule is CC12C3=C(NCCN4CCCCC4)C=C4C(=O)N(CCN5CCCCC5)C(=O)C(=C41)C(NCCN1CCCCC1)=CC2C(=O)N(CCN1CCCCC1)C3=O. The molecule has 8 aliphatic rings. The predicted molar refractivity (Wildman–Crippen MR) is 212 cm³/mol. The Balaban J connectivity index is 1.17. The highest BCUT2D eigenvalue weighted by Crippen LogP contribution is 2.58. The Kier molecular flexibility index (Phi) is 11.9. The molecule has 0 aromatic rings. The number of amides is 4. The second kappa shape index (κ2) is 17.0. The van der Waals surface area contributed by atoms with Gasteiger partial charge in [0.2, 0.25) is 5.91 Å². The summed E-state index contributed by atoms with van der Waals surface area (Å²) in [5, 5.41) is 7.26. The molecule has 55 heavy (non-hydrogen) atoms. The van der Waals surface area contributed by atoms with Crippen LogP contribution >= 0.6 is 0 Å². The van der Waals surface area contributed by atoms with E-state index in [1.165, 1.54) is 61.2 Å². The highest BCUT2D eigenvalue weighted by atomic mass is 16.2. The highest BCUT2D eigenvalue weighted by Gasteiger charge is 2.62. The molecule has 2 aliphatic carbocycles. The van der Waals surface area contributed by atoms with Gasteiger partial charge in [0.1, 0.15) is 0 Å². The third-order valence-corrected chi connectivity index (χ3v) is 13.8. The molecule has 5 fully saturated rings. The van der Waals surface area contributed by atoms with Crippen LogP contribution in [0.25, 0.3) is 0 Å². The number of carbonyl (C=O) groups is 4. The Morgan fingerprint density at radius 1 is 0.545 bits per heavy atom. The molecule has 0 aromatic carbocycles. The summed E-state index contributed by atoms with van der Waals surface area (Å²) in [4.78, 5) is 71.9. The van der Waals surface area contributed by atoms with Gasteiger partial charge in [0.25, 0.3) is 17.7 Å². The fourth-order valence-electron chi connectivity index (χ4n) is 10.7. The zero-order valence-corrected chi connectivity index (χ0v) is 33.3. The lowest BCUT2D eigenvalue weighted by Gasteiger charge is -2.53. The van der Waals surface area contributed by atoms with E-state index in [9.17, 15) is 19.2 Å². The third-order valence-electron chi connectivity index (χ3n) is 13.8. The molecule has 6 aliphatic heterocycles. The molecule has 0 aromatic heterocycles. The van der Waals surface area contributed by atoms with Crippen molar-refractivity contribution in [2.75, 3.05) is 105 Å². The standard InChI is InChI=1S/C43H64N8O4/c1-43-33-31-34(44-14-24-46-16-6-2-7-17-46)36-37(43)32(39(52)50(41(36)54)28-26-48-20-10-4-11-21-48)30-35(45-15-25-47-18-8-3-9-19-47)38(43)42(55)51(40(33)53)29-27-49-22-12-5-13-23-49/h30-31,33,44-45H,2-29H2,1H3. The predicted octanol–water partition coefficient (Wildman–Crippen LogP) is 2.86. The summed E-state index contributed by atoms with van der Waals surface area (Å²) in [7, 11) is 0. The Morgan fingerprint density at radius 2 is 1.02 bits per heavy atom. The molecular formula is C43H64N8O4. The smallest absolute Gasteiger partial charge is 0.263 e. The largest absolute Gasteiger partial charge is 0.383 e. The van der Waals surface area contributed by atoms with Crippen LogP contribution in [0.5, 0.6) is 0 Å². The number of nitrogens with zero attached hydrogens (tertiary/aromatic N) is 6. The minimum atomic E-state index is -1.16. The molecule has 2 N–H and O–H groups in total. The third kappa shape index (κ3) is 7.73. The number of imide groups is 2. The fourth-order valence-corrected chi connectivity index (χ4v) is 10.7. The van der Waals surface area contributed by atoms with Gasteiger partial charge in [-0.15, -0.1) is 0 Å². The van der Waals surface area contributed by atoms with Gasteiger partial charge in [0.05, 0.1) is 17.1 Å². The summed E-state index contributed by atoms with van der Waals surface area (Å²) in [6.45, 7) is 14.9. The second-order valence-electron chi connectivity index (χ2n) is 17.4. The molecule has 8 rings (SSSR count). The van der Waals surface area contributed by atoms with E-state index in [0.29, 0.717) is 73.0 Å². The van der Waals surface area contributed by atoms with Crippen molar-refractivity contribution < 1.29 is 19.2 Å². The maximum Gasteiger partial charge on any atom is 0.263 e. The maximum absolute atomic E-state index is 14.9. The van der Waals surface area contributed by atoms with Gasteiger partial charge < -0.3 is 30.2 Å². The first-order chi connectivity index (χ1) is 26.8. The van der Waals surface area contributed by atoms with Crippen molar-refractivity contribution in [3.8, 4) is 0 Å². The van der Waals surface area contributed by atoms with Crippen molar-refractivity contribution in [3.63, 3.8) is 0 Å². The molecule has 12 heteroatoms. The Labute approximate surface area is 328 Å². The Hall–Kier alpha value is -3.32. The van der Waals surface area contributed by atoms with Gasteiger partial charge in [0.15, 0.2) is 0 Å². The molecule has 6 heterocycles. The maximum atomic E-state index is 14.9. The van der Waals surface area contributed by atoms with Gasteiger partial charge in [-0.25, -0.2) is 0 Å². The van der Waals surface area contributed by atoms with Crippen LogP contribution in [0.4, 0.5) is 0 Å². The van der Waals surface area contributed by atoms with Crippen molar-refractivity contribution >= 4 is 23.6 Å².